The lowest BCUT2D eigenvalue weighted by Gasteiger charge is -2.17. The number of carbonyl (C=O) groups excluding carboxylic acids is 1. The molecule has 1 unspecified atom stereocenters. The number of carbonyl (C=O) groups is 1. The molecule has 1 atom stereocenters. The van der Waals surface area contributed by atoms with Gasteiger partial charge in [-0.1, -0.05) is 35.5 Å². The van der Waals surface area contributed by atoms with E-state index in [1.165, 1.54) is 6.07 Å². The summed E-state index contributed by atoms with van der Waals surface area (Å²) in [6, 6.07) is 13.1. The second-order valence-electron chi connectivity index (χ2n) is 5.51. The van der Waals surface area contributed by atoms with Gasteiger partial charge in [-0.15, -0.1) is 0 Å². The molecule has 3 rings (SSSR count). The Bertz CT molecular complexity index is 879. The number of nitrogens with zero attached hydrogens (tertiary/aromatic N) is 1. The molecule has 1 aromatic heterocycles. The van der Waals surface area contributed by atoms with Crippen molar-refractivity contribution >= 4 is 16.9 Å². The van der Waals surface area contributed by atoms with E-state index in [0.29, 0.717) is 16.8 Å². The Labute approximate surface area is 142 Å². The minimum atomic E-state index is -2.93. The average Bonchev–Trinajstić information content (AvgIpc) is 2.98. The zero-order valence-electron chi connectivity index (χ0n) is 13.4. The van der Waals surface area contributed by atoms with Gasteiger partial charge in [-0.25, -0.2) is 0 Å². The summed E-state index contributed by atoms with van der Waals surface area (Å²) in [5.74, 6) is -0.254. The highest BCUT2D eigenvalue weighted by Gasteiger charge is 2.18. The van der Waals surface area contributed by atoms with Crippen LogP contribution in [0.1, 0.15) is 24.2 Å². The first-order valence-electron chi connectivity index (χ1n) is 7.71. The van der Waals surface area contributed by atoms with E-state index < -0.39 is 12.7 Å². The monoisotopic (exact) mass is 346 g/mol. The van der Waals surface area contributed by atoms with E-state index in [0.717, 1.165) is 5.39 Å². The number of benzene rings is 2. The van der Waals surface area contributed by atoms with E-state index in [4.69, 9.17) is 4.52 Å². The van der Waals surface area contributed by atoms with Gasteiger partial charge in [-0.3, -0.25) is 4.79 Å². The van der Waals surface area contributed by atoms with Crippen LogP contribution < -0.4 is 10.1 Å². The SMILES string of the molecule is CC(NC(=O)Cc1noc2ccccc12)c1ccccc1OC(F)F. The Morgan fingerprint density at radius 3 is 2.72 bits per heavy atom. The zero-order valence-corrected chi connectivity index (χ0v) is 13.4. The van der Waals surface area contributed by atoms with Gasteiger partial charge in [0.2, 0.25) is 5.91 Å². The van der Waals surface area contributed by atoms with Crippen LogP contribution >= 0.6 is 0 Å². The van der Waals surface area contributed by atoms with Crippen molar-refractivity contribution in [2.24, 2.45) is 0 Å². The Kier molecular flexibility index (Phi) is 4.92. The molecule has 1 N–H and O–H groups in total. The summed E-state index contributed by atoms with van der Waals surface area (Å²) in [6.07, 6.45) is 0.0270. The van der Waals surface area contributed by atoms with Crippen LogP contribution in [-0.4, -0.2) is 17.7 Å². The van der Waals surface area contributed by atoms with Crippen molar-refractivity contribution in [3.63, 3.8) is 0 Å². The normalized spacial score (nSPS) is 12.3. The summed E-state index contributed by atoms with van der Waals surface area (Å²) < 4.78 is 34.7. The van der Waals surface area contributed by atoms with Crippen LogP contribution in [0.5, 0.6) is 5.75 Å². The summed E-state index contributed by atoms with van der Waals surface area (Å²) in [5, 5.41) is 7.45. The lowest BCUT2D eigenvalue weighted by molar-refractivity contribution is -0.121. The molecule has 1 heterocycles. The lowest BCUT2D eigenvalue weighted by atomic mass is 10.1. The van der Waals surface area contributed by atoms with Crippen LogP contribution in [0.3, 0.4) is 0 Å². The fourth-order valence-corrected chi connectivity index (χ4v) is 2.63. The first-order chi connectivity index (χ1) is 12.0. The molecular weight excluding hydrogens is 330 g/mol. The third-order valence-electron chi connectivity index (χ3n) is 3.76. The van der Waals surface area contributed by atoms with E-state index in [1.807, 2.05) is 18.2 Å². The van der Waals surface area contributed by atoms with Gasteiger partial charge in [0.25, 0.3) is 0 Å². The number of aromatic nitrogens is 1. The number of halogens is 2. The maximum atomic E-state index is 12.5. The van der Waals surface area contributed by atoms with E-state index in [-0.39, 0.29) is 18.1 Å². The number of hydrogen-bond donors (Lipinski definition) is 1. The van der Waals surface area contributed by atoms with Crippen molar-refractivity contribution in [2.45, 2.75) is 26.0 Å². The molecule has 0 bridgehead atoms. The number of para-hydroxylation sites is 2. The van der Waals surface area contributed by atoms with Crippen LogP contribution in [0, 0.1) is 0 Å². The van der Waals surface area contributed by atoms with Crippen molar-refractivity contribution in [1.82, 2.24) is 10.5 Å². The topological polar surface area (TPSA) is 64.4 Å². The summed E-state index contributed by atoms with van der Waals surface area (Å²) >= 11 is 0. The predicted molar refractivity (Wildman–Crippen MR) is 87.3 cm³/mol. The molecular formula is C18H16F2N2O3. The summed E-state index contributed by atoms with van der Waals surface area (Å²) in [5.41, 5.74) is 1.60. The van der Waals surface area contributed by atoms with Gasteiger partial charge >= 0.3 is 6.61 Å². The zero-order chi connectivity index (χ0) is 17.8. The number of nitrogens with one attached hydrogen (secondary N) is 1. The number of amides is 1. The quantitative estimate of drug-likeness (QED) is 0.736. The molecule has 0 fully saturated rings. The van der Waals surface area contributed by atoms with Crippen LogP contribution in [-0.2, 0) is 11.2 Å². The number of ether oxygens (including phenoxy) is 1. The van der Waals surface area contributed by atoms with Crippen LogP contribution in [0.4, 0.5) is 8.78 Å². The molecule has 0 aliphatic heterocycles. The fourth-order valence-electron chi connectivity index (χ4n) is 2.63. The van der Waals surface area contributed by atoms with Crippen molar-refractivity contribution in [3.05, 3.63) is 59.8 Å². The van der Waals surface area contributed by atoms with Crippen molar-refractivity contribution in [2.75, 3.05) is 0 Å². The largest absolute Gasteiger partial charge is 0.434 e. The van der Waals surface area contributed by atoms with Crippen LogP contribution in [0.15, 0.2) is 53.1 Å². The number of fused-ring (bicyclic) bond motifs is 1. The Hall–Kier alpha value is -2.96. The van der Waals surface area contributed by atoms with E-state index in [2.05, 4.69) is 15.2 Å². The van der Waals surface area contributed by atoms with Gasteiger partial charge in [0.15, 0.2) is 5.58 Å². The summed E-state index contributed by atoms with van der Waals surface area (Å²) in [7, 11) is 0. The Morgan fingerprint density at radius 1 is 1.20 bits per heavy atom. The molecule has 0 saturated heterocycles. The van der Waals surface area contributed by atoms with Gasteiger partial charge < -0.3 is 14.6 Å². The van der Waals surface area contributed by atoms with E-state index in [9.17, 15) is 13.6 Å². The van der Waals surface area contributed by atoms with Crippen LogP contribution in [0.25, 0.3) is 11.0 Å². The Balaban J connectivity index is 1.71. The maximum absolute atomic E-state index is 12.5. The van der Waals surface area contributed by atoms with Gasteiger partial charge in [0, 0.05) is 10.9 Å². The second-order valence-corrected chi connectivity index (χ2v) is 5.51. The minimum Gasteiger partial charge on any atom is -0.434 e. The molecule has 0 saturated carbocycles. The third kappa shape index (κ3) is 3.93. The smallest absolute Gasteiger partial charge is 0.387 e. The lowest BCUT2D eigenvalue weighted by Crippen LogP contribution is -2.28. The van der Waals surface area contributed by atoms with Gasteiger partial charge in [0.05, 0.1) is 12.5 Å². The molecule has 0 spiro atoms. The number of hydrogen-bond acceptors (Lipinski definition) is 4. The molecule has 1 amide bonds. The first kappa shape index (κ1) is 16.9. The molecule has 3 aromatic rings. The van der Waals surface area contributed by atoms with Crippen molar-refractivity contribution in [1.29, 1.82) is 0 Å². The molecule has 130 valence electrons. The highest BCUT2D eigenvalue weighted by Crippen LogP contribution is 2.26. The Morgan fingerprint density at radius 2 is 1.92 bits per heavy atom. The van der Waals surface area contributed by atoms with E-state index >= 15 is 0 Å². The highest BCUT2D eigenvalue weighted by molar-refractivity contribution is 5.86. The molecule has 0 aliphatic rings. The molecule has 25 heavy (non-hydrogen) atoms. The predicted octanol–water partition coefficient (Wildman–Crippen LogP) is 3.85. The van der Waals surface area contributed by atoms with Crippen LogP contribution in [0.2, 0.25) is 0 Å². The average molecular weight is 346 g/mol. The van der Waals surface area contributed by atoms with Crippen molar-refractivity contribution < 1.29 is 22.8 Å². The molecule has 0 aliphatic carbocycles. The summed E-state index contributed by atoms with van der Waals surface area (Å²) in [4.78, 5) is 12.3. The number of rotatable bonds is 6. The third-order valence-corrected chi connectivity index (χ3v) is 3.76. The van der Waals surface area contributed by atoms with E-state index in [1.54, 1.807) is 31.2 Å². The molecule has 7 heteroatoms. The summed E-state index contributed by atoms with van der Waals surface area (Å²) in [6.45, 7) is -1.22. The molecule has 0 radical (unpaired) electrons. The van der Waals surface area contributed by atoms with Crippen molar-refractivity contribution in [3.8, 4) is 5.75 Å². The first-order valence-corrected chi connectivity index (χ1v) is 7.71. The second kappa shape index (κ2) is 7.29. The molecule has 5 nitrogen and oxygen atoms in total. The van der Waals surface area contributed by atoms with Gasteiger partial charge in [-0.2, -0.15) is 8.78 Å². The maximum Gasteiger partial charge on any atom is 0.387 e. The standard InChI is InChI=1S/C18H16F2N2O3/c1-11(12-6-2-4-8-15(12)24-18(19)20)21-17(23)10-14-13-7-3-5-9-16(13)25-22-14/h2-9,11,18H,10H2,1H3,(H,21,23). The fraction of sp³-hybridized carbons (Fsp3) is 0.222. The van der Waals surface area contributed by atoms with Gasteiger partial charge in [-0.05, 0) is 25.1 Å². The van der Waals surface area contributed by atoms with Gasteiger partial charge in [0.1, 0.15) is 11.4 Å². The number of alkyl halides is 2. The highest BCUT2D eigenvalue weighted by atomic mass is 19.3. The molecule has 2 aromatic carbocycles. The minimum absolute atomic E-state index is 0.0270.